The maximum Gasteiger partial charge on any atom is 0.136 e. The molecule has 3 nitrogen and oxygen atoms in total. The van der Waals surface area contributed by atoms with Gasteiger partial charge in [0.1, 0.15) is 11.5 Å². The van der Waals surface area contributed by atoms with Crippen LogP contribution in [0.4, 0.5) is 0 Å². The van der Waals surface area contributed by atoms with Gasteiger partial charge >= 0.3 is 0 Å². The summed E-state index contributed by atoms with van der Waals surface area (Å²) in [6.07, 6.45) is 1.78. The SMILES string of the molecule is NCc1ccc(Oc2cccc3ncccc23)cc1. The molecule has 2 aromatic carbocycles. The summed E-state index contributed by atoms with van der Waals surface area (Å²) in [6.45, 7) is 0.540. The van der Waals surface area contributed by atoms with Gasteiger partial charge in [0.2, 0.25) is 0 Å². The monoisotopic (exact) mass is 250 g/mol. The summed E-state index contributed by atoms with van der Waals surface area (Å²) >= 11 is 0. The first-order valence-electron chi connectivity index (χ1n) is 6.17. The van der Waals surface area contributed by atoms with Crippen LogP contribution in [0, 0.1) is 0 Å². The summed E-state index contributed by atoms with van der Waals surface area (Å²) in [4.78, 5) is 4.31. The normalized spacial score (nSPS) is 10.6. The molecule has 0 radical (unpaired) electrons. The summed E-state index contributed by atoms with van der Waals surface area (Å²) in [7, 11) is 0. The number of nitrogens with two attached hydrogens (primary N) is 1. The molecule has 2 N–H and O–H groups in total. The largest absolute Gasteiger partial charge is 0.457 e. The zero-order valence-corrected chi connectivity index (χ0v) is 10.4. The van der Waals surface area contributed by atoms with Gasteiger partial charge in [-0.1, -0.05) is 18.2 Å². The summed E-state index contributed by atoms with van der Waals surface area (Å²) in [6, 6.07) is 17.6. The highest BCUT2D eigenvalue weighted by atomic mass is 16.5. The number of pyridine rings is 1. The minimum Gasteiger partial charge on any atom is -0.457 e. The Morgan fingerprint density at radius 1 is 0.947 bits per heavy atom. The average molecular weight is 250 g/mol. The van der Waals surface area contributed by atoms with E-state index in [1.54, 1.807) is 6.20 Å². The van der Waals surface area contributed by atoms with E-state index in [2.05, 4.69) is 4.98 Å². The molecule has 0 aliphatic carbocycles. The Labute approximate surface area is 111 Å². The molecule has 0 fully saturated rings. The number of benzene rings is 2. The zero-order valence-electron chi connectivity index (χ0n) is 10.4. The Bertz CT molecular complexity index is 687. The number of hydrogen-bond acceptors (Lipinski definition) is 3. The van der Waals surface area contributed by atoms with Crippen molar-refractivity contribution in [2.75, 3.05) is 0 Å². The number of fused-ring (bicyclic) bond motifs is 1. The van der Waals surface area contributed by atoms with Crippen LogP contribution in [0.5, 0.6) is 11.5 Å². The van der Waals surface area contributed by atoms with Gasteiger partial charge in [0, 0.05) is 18.1 Å². The summed E-state index contributed by atoms with van der Waals surface area (Å²) in [5.41, 5.74) is 7.60. The van der Waals surface area contributed by atoms with E-state index >= 15 is 0 Å². The summed E-state index contributed by atoms with van der Waals surface area (Å²) in [5, 5.41) is 1.01. The first kappa shape index (κ1) is 11.7. The highest BCUT2D eigenvalue weighted by Crippen LogP contribution is 2.28. The lowest BCUT2D eigenvalue weighted by molar-refractivity contribution is 0.488. The molecule has 0 amide bonds. The van der Waals surface area contributed by atoms with Crippen molar-refractivity contribution in [2.45, 2.75) is 6.54 Å². The van der Waals surface area contributed by atoms with Crippen molar-refractivity contribution in [3.63, 3.8) is 0 Å². The van der Waals surface area contributed by atoms with Gasteiger partial charge in [0.25, 0.3) is 0 Å². The highest BCUT2D eigenvalue weighted by Gasteiger charge is 2.03. The van der Waals surface area contributed by atoms with Gasteiger partial charge in [-0.2, -0.15) is 0 Å². The van der Waals surface area contributed by atoms with Gasteiger partial charge in [0.15, 0.2) is 0 Å². The molecular weight excluding hydrogens is 236 g/mol. The summed E-state index contributed by atoms with van der Waals surface area (Å²) in [5.74, 6) is 1.61. The van der Waals surface area contributed by atoms with Gasteiger partial charge in [-0.3, -0.25) is 4.98 Å². The number of rotatable bonds is 3. The van der Waals surface area contributed by atoms with Crippen molar-refractivity contribution >= 4 is 10.9 Å². The maximum atomic E-state index is 5.91. The van der Waals surface area contributed by atoms with E-state index in [0.29, 0.717) is 6.54 Å². The Hall–Kier alpha value is -2.39. The van der Waals surface area contributed by atoms with Gasteiger partial charge in [-0.05, 0) is 42.0 Å². The first-order valence-corrected chi connectivity index (χ1v) is 6.17. The second kappa shape index (κ2) is 5.08. The standard InChI is InChI=1S/C16H14N2O/c17-11-12-6-8-13(9-7-12)19-16-5-1-4-15-14(16)3-2-10-18-15/h1-10H,11,17H2. The third-order valence-electron chi connectivity index (χ3n) is 2.99. The summed E-state index contributed by atoms with van der Waals surface area (Å²) < 4.78 is 5.91. The average Bonchev–Trinajstić information content (AvgIpc) is 2.48. The van der Waals surface area contributed by atoms with Crippen molar-refractivity contribution < 1.29 is 4.74 Å². The van der Waals surface area contributed by atoms with Crippen molar-refractivity contribution in [1.82, 2.24) is 4.98 Å². The fourth-order valence-electron chi connectivity index (χ4n) is 1.98. The van der Waals surface area contributed by atoms with Crippen LogP contribution in [0.15, 0.2) is 60.8 Å². The zero-order chi connectivity index (χ0) is 13.1. The van der Waals surface area contributed by atoms with E-state index in [1.807, 2.05) is 54.6 Å². The molecule has 0 spiro atoms. The fourth-order valence-corrected chi connectivity index (χ4v) is 1.98. The molecule has 3 heteroatoms. The molecule has 0 atom stereocenters. The van der Waals surface area contributed by atoms with Crippen molar-refractivity contribution in [3.05, 3.63) is 66.4 Å². The van der Waals surface area contributed by atoms with Crippen LogP contribution < -0.4 is 10.5 Å². The minimum atomic E-state index is 0.540. The van der Waals surface area contributed by atoms with E-state index in [4.69, 9.17) is 10.5 Å². The van der Waals surface area contributed by atoms with E-state index in [0.717, 1.165) is 28.0 Å². The Morgan fingerprint density at radius 2 is 1.79 bits per heavy atom. The van der Waals surface area contributed by atoms with Crippen LogP contribution in [0.25, 0.3) is 10.9 Å². The van der Waals surface area contributed by atoms with Gasteiger partial charge in [-0.15, -0.1) is 0 Å². The van der Waals surface area contributed by atoms with Gasteiger partial charge < -0.3 is 10.5 Å². The quantitative estimate of drug-likeness (QED) is 0.774. The molecule has 94 valence electrons. The molecule has 0 saturated carbocycles. The molecule has 0 unspecified atom stereocenters. The smallest absolute Gasteiger partial charge is 0.136 e. The molecule has 0 bridgehead atoms. The molecule has 0 aliphatic heterocycles. The highest BCUT2D eigenvalue weighted by molar-refractivity contribution is 5.85. The lowest BCUT2D eigenvalue weighted by atomic mass is 10.2. The second-order valence-corrected chi connectivity index (χ2v) is 4.28. The van der Waals surface area contributed by atoms with Gasteiger partial charge in [0.05, 0.1) is 5.52 Å². The third kappa shape index (κ3) is 2.41. The van der Waals surface area contributed by atoms with Crippen molar-refractivity contribution in [3.8, 4) is 11.5 Å². The van der Waals surface area contributed by atoms with E-state index in [9.17, 15) is 0 Å². The molecule has 0 aliphatic rings. The molecule has 0 saturated heterocycles. The van der Waals surface area contributed by atoms with E-state index in [1.165, 1.54) is 0 Å². The Kier molecular flexibility index (Phi) is 3.12. The molecule has 3 rings (SSSR count). The van der Waals surface area contributed by atoms with Crippen LogP contribution in [-0.2, 0) is 6.54 Å². The molecule has 1 aromatic heterocycles. The Balaban J connectivity index is 1.96. The lowest BCUT2D eigenvalue weighted by Gasteiger charge is -2.08. The maximum absolute atomic E-state index is 5.91. The van der Waals surface area contributed by atoms with Gasteiger partial charge in [-0.25, -0.2) is 0 Å². The second-order valence-electron chi connectivity index (χ2n) is 4.28. The molecule has 1 heterocycles. The van der Waals surface area contributed by atoms with Crippen molar-refractivity contribution in [2.24, 2.45) is 5.73 Å². The molecule has 19 heavy (non-hydrogen) atoms. The third-order valence-corrected chi connectivity index (χ3v) is 2.99. The first-order chi connectivity index (χ1) is 9.36. The molecule has 3 aromatic rings. The fraction of sp³-hybridized carbons (Fsp3) is 0.0625. The number of hydrogen-bond donors (Lipinski definition) is 1. The lowest BCUT2D eigenvalue weighted by Crippen LogP contribution is -1.95. The van der Waals surface area contributed by atoms with Crippen LogP contribution >= 0.6 is 0 Å². The minimum absolute atomic E-state index is 0.540. The van der Waals surface area contributed by atoms with Crippen LogP contribution in [-0.4, -0.2) is 4.98 Å². The molecular formula is C16H14N2O. The van der Waals surface area contributed by atoms with Crippen LogP contribution in [0.3, 0.4) is 0 Å². The van der Waals surface area contributed by atoms with Crippen molar-refractivity contribution in [1.29, 1.82) is 0 Å². The predicted molar refractivity (Wildman–Crippen MR) is 76.2 cm³/mol. The van der Waals surface area contributed by atoms with Crippen LogP contribution in [0.1, 0.15) is 5.56 Å². The predicted octanol–water partition coefficient (Wildman–Crippen LogP) is 3.49. The Morgan fingerprint density at radius 3 is 2.58 bits per heavy atom. The topological polar surface area (TPSA) is 48.1 Å². The number of ether oxygens (including phenoxy) is 1. The number of aromatic nitrogens is 1. The van der Waals surface area contributed by atoms with E-state index in [-0.39, 0.29) is 0 Å². The van der Waals surface area contributed by atoms with E-state index < -0.39 is 0 Å². The van der Waals surface area contributed by atoms with Crippen LogP contribution in [0.2, 0.25) is 0 Å². The number of nitrogens with zero attached hydrogens (tertiary/aromatic N) is 1.